The first-order valence-electron chi connectivity index (χ1n) is 11.1. The fourth-order valence-electron chi connectivity index (χ4n) is 4.07. The van der Waals surface area contributed by atoms with Gasteiger partial charge in [0, 0.05) is 0 Å². The van der Waals surface area contributed by atoms with Gasteiger partial charge >= 0.3 is 169 Å². The first-order valence-corrected chi connectivity index (χ1v) is 19.1. The monoisotopic (exact) mass is 465 g/mol. The summed E-state index contributed by atoms with van der Waals surface area (Å²) in [5.74, 6) is 0. The number of hydrogen-bond acceptors (Lipinski definition) is 1. The maximum atomic E-state index is 3.98. The van der Waals surface area contributed by atoms with Crippen LogP contribution in [-0.4, -0.2) is 34.4 Å². The molecule has 26 heavy (non-hydrogen) atoms. The van der Waals surface area contributed by atoms with Gasteiger partial charge in [-0.15, -0.1) is 0 Å². The van der Waals surface area contributed by atoms with Gasteiger partial charge < -0.3 is 0 Å². The zero-order valence-electron chi connectivity index (χ0n) is 17.8. The van der Waals surface area contributed by atoms with Crippen molar-refractivity contribution in [2.75, 3.05) is 11.1 Å². The standard InChI is InChI=1S/C12H16N.3C4H9.Sn/c1-3-4-10-13(2)11-12-8-6-5-7-9-12;3*1-3-4-2;/h3,5-9H,1-2,4,10-11H2;3*1,3-4H2,2H3;. The number of rotatable bonds is 16. The molecule has 0 amide bonds. The minimum absolute atomic E-state index is 1.12. The second-order valence-electron chi connectivity index (χ2n) is 8.08. The van der Waals surface area contributed by atoms with Crippen LogP contribution < -0.4 is 0 Å². The van der Waals surface area contributed by atoms with Crippen LogP contribution in [0.25, 0.3) is 0 Å². The van der Waals surface area contributed by atoms with E-state index in [1.807, 2.05) is 0 Å². The molecule has 1 aromatic carbocycles. The average Bonchev–Trinajstić information content (AvgIpc) is 2.68. The molecule has 1 aromatic rings. The predicted octanol–water partition coefficient (Wildman–Crippen LogP) is 7.45. The van der Waals surface area contributed by atoms with E-state index in [1.165, 1.54) is 55.2 Å². The van der Waals surface area contributed by atoms with Crippen LogP contribution in [0.1, 0.15) is 71.3 Å². The van der Waals surface area contributed by atoms with E-state index in [4.69, 9.17) is 0 Å². The van der Waals surface area contributed by atoms with E-state index in [0.717, 1.165) is 13.0 Å². The van der Waals surface area contributed by atoms with Crippen LogP contribution in [0, 0.1) is 0 Å². The van der Waals surface area contributed by atoms with E-state index in [2.05, 4.69) is 68.7 Å². The van der Waals surface area contributed by atoms with Gasteiger partial charge in [0.05, 0.1) is 0 Å². The predicted molar refractivity (Wildman–Crippen MR) is 121 cm³/mol. The Morgan fingerprint density at radius 3 is 1.88 bits per heavy atom. The molecule has 1 nitrogen and oxygen atoms in total. The fraction of sp³-hybridized carbons (Fsp3) is 0.667. The quantitative estimate of drug-likeness (QED) is 0.181. The summed E-state index contributed by atoms with van der Waals surface area (Å²) in [7, 11) is 0. The van der Waals surface area contributed by atoms with Crippen molar-refractivity contribution in [3.8, 4) is 0 Å². The molecular formula is C24H43NSn. The SMILES string of the molecule is C=CCCN(Cc1ccccc1)[CH2][Sn]([CH2]CCC)([CH2]CCC)[CH2]CCC. The van der Waals surface area contributed by atoms with E-state index in [0.29, 0.717) is 0 Å². The summed E-state index contributed by atoms with van der Waals surface area (Å²) in [5.41, 5.74) is 1.47. The van der Waals surface area contributed by atoms with Crippen molar-refractivity contribution in [1.29, 1.82) is 0 Å². The summed E-state index contributed by atoms with van der Waals surface area (Å²) in [6.45, 7) is 13.4. The summed E-state index contributed by atoms with van der Waals surface area (Å²) in [5, 5.41) is 0. The van der Waals surface area contributed by atoms with E-state index in [1.54, 1.807) is 13.3 Å². The van der Waals surface area contributed by atoms with Gasteiger partial charge in [-0.05, 0) is 0 Å². The van der Waals surface area contributed by atoms with E-state index < -0.39 is 18.4 Å². The zero-order chi connectivity index (χ0) is 19.1. The first-order chi connectivity index (χ1) is 12.7. The van der Waals surface area contributed by atoms with E-state index >= 15 is 0 Å². The van der Waals surface area contributed by atoms with Crippen molar-refractivity contribution in [3.63, 3.8) is 0 Å². The molecule has 2 heteroatoms. The third-order valence-electron chi connectivity index (χ3n) is 5.64. The van der Waals surface area contributed by atoms with Crippen LogP contribution in [-0.2, 0) is 6.54 Å². The molecule has 0 aliphatic rings. The Kier molecular flexibility index (Phi) is 13.5. The van der Waals surface area contributed by atoms with Crippen molar-refractivity contribution in [2.45, 2.75) is 85.6 Å². The van der Waals surface area contributed by atoms with Crippen molar-refractivity contribution in [2.24, 2.45) is 0 Å². The van der Waals surface area contributed by atoms with Crippen LogP contribution in [0.4, 0.5) is 0 Å². The normalized spacial score (nSPS) is 11.8. The molecule has 0 saturated heterocycles. The van der Waals surface area contributed by atoms with Gasteiger partial charge in [0.25, 0.3) is 0 Å². The molecule has 0 aliphatic carbocycles. The Morgan fingerprint density at radius 2 is 1.42 bits per heavy atom. The average molecular weight is 464 g/mol. The third kappa shape index (κ3) is 9.60. The van der Waals surface area contributed by atoms with Crippen LogP contribution in [0.15, 0.2) is 43.0 Å². The minimum atomic E-state index is -2.12. The van der Waals surface area contributed by atoms with Crippen LogP contribution in [0.5, 0.6) is 0 Å². The molecule has 0 unspecified atom stereocenters. The van der Waals surface area contributed by atoms with Crippen molar-refractivity contribution >= 4 is 18.4 Å². The Labute approximate surface area is 168 Å². The van der Waals surface area contributed by atoms with E-state index in [-0.39, 0.29) is 0 Å². The summed E-state index contributed by atoms with van der Waals surface area (Å²) < 4.78 is 6.26. The third-order valence-corrected chi connectivity index (χ3v) is 20.9. The van der Waals surface area contributed by atoms with Gasteiger partial charge in [-0.2, -0.15) is 0 Å². The zero-order valence-corrected chi connectivity index (χ0v) is 20.7. The Balaban J connectivity index is 2.93. The molecule has 0 atom stereocenters. The summed E-state index contributed by atoms with van der Waals surface area (Å²) in [4.78, 5) is 2.80. The molecule has 0 bridgehead atoms. The van der Waals surface area contributed by atoms with Crippen molar-refractivity contribution in [1.82, 2.24) is 4.90 Å². The molecule has 0 spiro atoms. The molecule has 0 fully saturated rings. The molecule has 0 saturated carbocycles. The summed E-state index contributed by atoms with van der Waals surface area (Å²) in [6.07, 6.45) is 11.7. The van der Waals surface area contributed by atoms with Gasteiger partial charge in [0.15, 0.2) is 0 Å². The van der Waals surface area contributed by atoms with Crippen molar-refractivity contribution < 1.29 is 0 Å². The van der Waals surface area contributed by atoms with E-state index in [9.17, 15) is 0 Å². The molecule has 0 N–H and O–H groups in total. The van der Waals surface area contributed by atoms with Gasteiger partial charge in [-0.3, -0.25) is 0 Å². The van der Waals surface area contributed by atoms with Crippen molar-refractivity contribution in [3.05, 3.63) is 48.6 Å². The van der Waals surface area contributed by atoms with Gasteiger partial charge in [-0.25, -0.2) is 0 Å². The molecule has 0 aromatic heterocycles. The Bertz CT molecular complexity index is 435. The molecule has 1 rings (SSSR count). The second-order valence-corrected chi connectivity index (χ2v) is 21.8. The first kappa shape index (κ1) is 23.8. The van der Waals surface area contributed by atoms with Gasteiger partial charge in [0.1, 0.15) is 0 Å². The molecule has 0 radical (unpaired) electrons. The summed E-state index contributed by atoms with van der Waals surface area (Å²) in [6, 6.07) is 11.1. The van der Waals surface area contributed by atoms with Crippen LogP contribution in [0.3, 0.4) is 0 Å². The van der Waals surface area contributed by atoms with Gasteiger partial charge in [0.2, 0.25) is 0 Å². The van der Waals surface area contributed by atoms with Crippen LogP contribution >= 0.6 is 0 Å². The number of unbranched alkanes of at least 4 members (excludes halogenated alkanes) is 3. The number of nitrogens with zero attached hydrogens (tertiary/aromatic N) is 1. The number of benzene rings is 1. The molecule has 148 valence electrons. The topological polar surface area (TPSA) is 3.24 Å². The Morgan fingerprint density at radius 1 is 0.885 bits per heavy atom. The maximum absolute atomic E-state index is 3.98. The Hall–Kier alpha value is -0.281. The van der Waals surface area contributed by atoms with Gasteiger partial charge in [-0.1, -0.05) is 0 Å². The second kappa shape index (κ2) is 14.7. The van der Waals surface area contributed by atoms with Crippen LogP contribution in [0.2, 0.25) is 13.3 Å². The summed E-state index contributed by atoms with van der Waals surface area (Å²) >= 11 is -2.12. The molecule has 0 heterocycles. The molecular weight excluding hydrogens is 421 g/mol. The fourth-order valence-corrected chi connectivity index (χ4v) is 20.5. The number of hydrogen-bond donors (Lipinski definition) is 0. The molecule has 0 aliphatic heterocycles.